The molecule has 0 saturated heterocycles. The summed E-state index contributed by atoms with van der Waals surface area (Å²) in [5, 5.41) is 14.4. The Morgan fingerprint density at radius 2 is 1.70 bits per heavy atom. The number of halogens is 1. The van der Waals surface area contributed by atoms with E-state index >= 15 is 0 Å². The van der Waals surface area contributed by atoms with E-state index in [9.17, 15) is 14.0 Å². The molecule has 1 heterocycles. The van der Waals surface area contributed by atoms with Crippen molar-refractivity contribution in [3.8, 4) is 22.1 Å². The standard InChI is InChI=1S/C23H25FN4O4S/c1-5-13(2)19(25-20(29)15-10-17(31-3)12-18(11-15)32-4)21(30)26-23-28-27-22(33-23)14-6-8-16(24)9-7-14/h6-13,19H,5H2,1-4H3,(H,25,29)(H,26,28,30). The minimum absolute atomic E-state index is 0.147. The summed E-state index contributed by atoms with van der Waals surface area (Å²) in [6.45, 7) is 3.81. The quantitative estimate of drug-likeness (QED) is 0.485. The van der Waals surface area contributed by atoms with Gasteiger partial charge in [0.1, 0.15) is 28.4 Å². The van der Waals surface area contributed by atoms with E-state index in [0.29, 0.717) is 34.1 Å². The fourth-order valence-corrected chi connectivity index (χ4v) is 3.78. The number of aromatic nitrogens is 2. The van der Waals surface area contributed by atoms with Gasteiger partial charge in [-0.3, -0.25) is 14.9 Å². The zero-order valence-corrected chi connectivity index (χ0v) is 19.5. The van der Waals surface area contributed by atoms with Gasteiger partial charge < -0.3 is 14.8 Å². The molecule has 33 heavy (non-hydrogen) atoms. The van der Waals surface area contributed by atoms with E-state index in [4.69, 9.17) is 9.47 Å². The van der Waals surface area contributed by atoms with E-state index in [1.54, 1.807) is 30.3 Å². The van der Waals surface area contributed by atoms with Crippen LogP contribution in [0.4, 0.5) is 9.52 Å². The summed E-state index contributed by atoms with van der Waals surface area (Å²) in [4.78, 5) is 26.0. The zero-order valence-electron chi connectivity index (χ0n) is 18.7. The molecule has 0 spiro atoms. The van der Waals surface area contributed by atoms with Crippen LogP contribution in [-0.4, -0.2) is 42.3 Å². The number of anilines is 1. The van der Waals surface area contributed by atoms with E-state index in [1.807, 2.05) is 13.8 Å². The molecule has 2 N–H and O–H groups in total. The van der Waals surface area contributed by atoms with E-state index in [0.717, 1.165) is 11.3 Å². The van der Waals surface area contributed by atoms with E-state index in [2.05, 4.69) is 20.8 Å². The molecule has 2 atom stereocenters. The van der Waals surface area contributed by atoms with Crippen LogP contribution in [0.5, 0.6) is 11.5 Å². The number of nitrogens with one attached hydrogen (secondary N) is 2. The summed E-state index contributed by atoms with van der Waals surface area (Å²) in [6.07, 6.45) is 0.663. The molecule has 0 saturated carbocycles. The van der Waals surface area contributed by atoms with Crippen molar-refractivity contribution >= 4 is 28.3 Å². The van der Waals surface area contributed by atoms with Gasteiger partial charge in [0.25, 0.3) is 5.91 Å². The van der Waals surface area contributed by atoms with Crippen LogP contribution in [0.3, 0.4) is 0 Å². The lowest BCUT2D eigenvalue weighted by Crippen LogP contribution is -2.47. The van der Waals surface area contributed by atoms with Gasteiger partial charge in [-0.25, -0.2) is 4.39 Å². The average molecular weight is 473 g/mol. The number of rotatable bonds is 9. The van der Waals surface area contributed by atoms with Crippen LogP contribution in [0.2, 0.25) is 0 Å². The molecular weight excluding hydrogens is 447 g/mol. The summed E-state index contributed by atoms with van der Waals surface area (Å²) in [6, 6.07) is 9.83. The van der Waals surface area contributed by atoms with Crippen LogP contribution < -0.4 is 20.1 Å². The van der Waals surface area contributed by atoms with Gasteiger partial charge in [0.05, 0.1) is 14.2 Å². The molecule has 8 nitrogen and oxygen atoms in total. The molecule has 0 aliphatic heterocycles. The van der Waals surface area contributed by atoms with E-state index in [1.165, 1.54) is 26.4 Å². The highest BCUT2D eigenvalue weighted by Gasteiger charge is 2.27. The highest BCUT2D eigenvalue weighted by atomic mass is 32.1. The third kappa shape index (κ3) is 6.04. The summed E-state index contributed by atoms with van der Waals surface area (Å²) >= 11 is 1.16. The Balaban J connectivity index is 1.76. The number of carbonyl (C=O) groups excluding carboxylic acids is 2. The van der Waals surface area contributed by atoms with Gasteiger partial charge in [0.15, 0.2) is 0 Å². The van der Waals surface area contributed by atoms with Crippen molar-refractivity contribution < 1.29 is 23.5 Å². The van der Waals surface area contributed by atoms with Gasteiger partial charge in [-0.2, -0.15) is 0 Å². The topological polar surface area (TPSA) is 102 Å². The first-order valence-electron chi connectivity index (χ1n) is 10.3. The molecule has 1 aromatic heterocycles. The molecule has 2 unspecified atom stereocenters. The largest absolute Gasteiger partial charge is 0.497 e. The molecule has 0 radical (unpaired) electrons. The Labute approximate surface area is 195 Å². The first-order valence-corrected chi connectivity index (χ1v) is 11.1. The number of methoxy groups -OCH3 is 2. The summed E-state index contributed by atoms with van der Waals surface area (Å²) in [5.74, 6) is -0.410. The lowest BCUT2D eigenvalue weighted by atomic mass is 9.98. The Kier molecular flexibility index (Phi) is 7.94. The van der Waals surface area contributed by atoms with E-state index < -0.39 is 17.9 Å². The summed E-state index contributed by atoms with van der Waals surface area (Å²) in [5.41, 5.74) is 0.995. The fraction of sp³-hybridized carbons (Fsp3) is 0.304. The molecule has 3 aromatic rings. The van der Waals surface area contributed by atoms with Crippen molar-refractivity contribution in [2.45, 2.75) is 26.3 Å². The maximum absolute atomic E-state index is 13.2. The van der Waals surface area contributed by atoms with E-state index in [-0.39, 0.29) is 16.9 Å². The van der Waals surface area contributed by atoms with Gasteiger partial charge >= 0.3 is 0 Å². The smallest absolute Gasteiger partial charge is 0.252 e. The van der Waals surface area contributed by atoms with Crippen LogP contribution in [0, 0.1) is 11.7 Å². The molecule has 0 fully saturated rings. The first kappa shape index (κ1) is 24.1. The molecule has 174 valence electrons. The van der Waals surface area contributed by atoms with Crippen LogP contribution in [-0.2, 0) is 4.79 Å². The maximum atomic E-state index is 13.2. The SMILES string of the molecule is CCC(C)C(NC(=O)c1cc(OC)cc(OC)c1)C(=O)Nc1nnc(-c2ccc(F)cc2)s1. The number of hydrogen-bond acceptors (Lipinski definition) is 7. The van der Waals surface area contributed by atoms with Gasteiger partial charge in [-0.05, 0) is 42.3 Å². The van der Waals surface area contributed by atoms with Crippen LogP contribution in [0.25, 0.3) is 10.6 Å². The van der Waals surface area contributed by atoms with Crippen molar-refractivity contribution in [2.75, 3.05) is 19.5 Å². The van der Waals surface area contributed by atoms with Crippen molar-refractivity contribution in [3.63, 3.8) is 0 Å². The van der Waals surface area contributed by atoms with Crippen LogP contribution >= 0.6 is 11.3 Å². The minimum atomic E-state index is -0.808. The lowest BCUT2D eigenvalue weighted by Gasteiger charge is -2.23. The Bertz CT molecular complexity index is 1100. The van der Waals surface area contributed by atoms with Crippen molar-refractivity contribution in [1.29, 1.82) is 0 Å². The number of amides is 2. The lowest BCUT2D eigenvalue weighted by molar-refractivity contribution is -0.119. The third-order valence-electron chi connectivity index (χ3n) is 5.14. The van der Waals surface area contributed by atoms with Gasteiger partial charge in [-0.1, -0.05) is 31.6 Å². The van der Waals surface area contributed by atoms with Crippen LogP contribution in [0.15, 0.2) is 42.5 Å². The number of nitrogens with zero attached hydrogens (tertiary/aromatic N) is 2. The molecule has 2 aromatic carbocycles. The third-order valence-corrected chi connectivity index (χ3v) is 6.03. The molecule has 3 rings (SSSR count). The molecule has 0 aliphatic carbocycles. The number of ether oxygens (including phenoxy) is 2. The zero-order chi connectivity index (χ0) is 24.0. The Morgan fingerprint density at radius 1 is 1.06 bits per heavy atom. The van der Waals surface area contributed by atoms with Crippen molar-refractivity contribution in [3.05, 3.63) is 53.8 Å². The minimum Gasteiger partial charge on any atom is -0.497 e. The predicted molar refractivity (Wildman–Crippen MR) is 124 cm³/mol. The monoisotopic (exact) mass is 472 g/mol. The summed E-state index contributed by atoms with van der Waals surface area (Å²) in [7, 11) is 2.99. The van der Waals surface area contributed by atoms with Crippen molar-refractivity contribution in [2.24, 2.45) is 5.92 Å². The Morgan fingerprint density at radius 3 is 2.27 bits per heavy atom. The molecule has 10 heteroatoms. The highest BCUT2D eigenvalue weighted by molar-refractivity contribution is 7.18. The normalized spacial score (nSPS) is 12.5. The highest BCUT2D eigenvalue weighted by Crippen LogP contribution is 2.27. The summed E-state index contributed by atoms with van der Waals surface area (Å²) < 4.78 is 23.6. The van der Waals surface area contributed by atoms with Gasteiger partial charge in [-0.15, -0.1) is 10.2 Å². The second kappa shape index (κ2) is 10.9. The van der Waals surface area contributed by atoms with Gasteiger partial charge in [0, 0.05) is 17.2 Å². The Hall–Kier alpha value is -3.53. The van der Waals surface area contributed by atoms with Crippen molar-refractivity contribution in [1.82, 2.24) is 15.5 Å². The second-order valence-corrected chi connectivity index (χ2v) is 8.32. The molecular formula is C23H25FN4O4S. The number of carbonyl (C=O) groups is 2. The molecule has 0 aliphatic rings. The average Bonchev–Trinajstić information content (AvgIpc) is 3.30. The maximum Gasteiger partial charge on any atom is 0.252 e. The molecule has 2 amide bonds. The van der Waals surface area contributed by atoms with Gasteiger partial charge in [0.2, 0.25) is 11.0 Å². The number of benzene rings is 2. The number of hydrogen-bond donors (Lipinski definition) is 2. The predicted octanol–water partition coefficient (Wildman–Crippen LogP) is 4.14. The van der Waals surface area contributed by atoms with Crippen LogP contribution in [0.1, 0.15) is 30.6 Å². The fourth-order valence-electron chi connectivity index (χ4n) is 3.03. The second-order valence-electron chi connectivity index (χ2n) is 7.35. The first-order chi connectivity index (χ1) is 15.8. The molecule has 0 bridgehead atoms.